The summed E-state index contributed by atoms with van der Waals surface area (Å²) in [5, 5.41) is 2.51. The molecule has 1 N–H and O–H groups in total. The largest absolute Gasteiger partial charge is 0.419 e. The van der Waals surface area contributed by atoms with Crippen molar-refractivity contribution in [1.29, 1.82) is 0 Å². The molecule has 2 aromatic rings. The second-order valence-electron chi connectivity index (χ2n) is 3.84. The molecule has 0 saturated heterocycles. The maximum Gasteiger partial charge on any atom is 0.419 e. The summed E-state index contributed by atoms with van der Waals surface area (Å²) in [6.45, 7) is -0.0627. The highest BCUT2D eigenvalue weighted by atomic mass is 19.4. The summed E-state index contributed by atoms with van der Waals surface area (Å²) >= 11 is 0. The highest BCUT2D eigenvalue weighted by molar-refractivity contribution is 5.46. The lowest BCUT2D eigenvalue weighted by atomic mass is 10.2. The monoisotopic (exact) mass is 270 g/mol. The Balaban J connectivity index is 2.19. The van der Waals surface area contributed by atoms with Gasteiger partial charge in [0.05, 0.1) is 5.56 Å². The molecule has 0 saturated carbocycles. The Morgan fingerprint density at radius 3 is 2.47 bits per heavy atom. The van der Waals surface area contributed by atoms with Gasteiger partial charge in [0, 0.05) is 18.3 Å². The van der Waals surface area contributed by atoms with Crippen molar-refractivity contribution in [3.05, 3.63) is 59.5 Å². The number of anilines is 1. The number of alkyl halides is 3. The highest BCUT2D eigenvalue weighted by Gasteiger charge is 2.33. The van der Waals surface area contributed by atoms with E-state index in [4.69, 9.17) is 0 Å². The van der Waals surface area contributed by atoms with Crippen LogP contribution in [0.3, 0.4) is 0 Å². The third-order valence-electron chi connectivity index (χ3n) is 2.52. The lowest BCUT2D eigenvalue weighted by molar-refractivity contribution is -0.137. The molecule has 0 amide bonds. The smallest absolute Gasteiger partial charge is 0.365 e. The number of nitrogens with zero attached hydrogens (tertiary/aromatic N) is 1. The van der Waals surface area contributed by atoms with Crippen LogP contribution in [0.1, 0.15) is 11.1 Å². The molecule has 0 fully saturated rings. The average molecular weight is 270 g/mol. The van der Waals surface area contributed by atoms with Crippen LogP contribution < -0.4 is 5.32 Å². The Labute approximate surface area is 107 Å². The van der Waals surface area contributed by atoms with Crippen molar-refractivity contribution in [2.24, 2.45) is 0 Å². The van der Waals surface area contributed by atoms with Gasteiger partial charge in [-0.25, -0.2) is 9.37 Å². The minimum Gasteiger partial charge on any atom is -0.365 e. The van der Waals surface area contributed by atoms with E-state index >= 15 is 0 Å². The van der Waals surface area contributed by atoms with Crippen molar-refractivity contribution in [3.8, 4) is 0 Å². The summed E-state index contributed by atoms with van der Waals surface area (Å²) in [7, 11) is 0. The zero-order valence-electron chi connectivity index (χ0n) is 9.71. The molecule has 1 aromatic heterocycles. The number of pyridine rings is 1. The quantitative estimate of drug-likeness (QED) is 0.857. The first-order valence-electron chi connectivity index (χ1n) is 5.48. The first-order chi connectivity index (χ1) is 8.98. The fraction of sp³-hybridized carbons (Fsp3) is 0.154. The van der Waals surface area contributed by atoms with Gasteiger partial charge >= 0.3 is 6.18 Å². The van der Waals surface area contributed by atoms with Crippen molar-refractivity contribution in [1.82, 2.24) is 4.98 Å². The zero-order chi connectivity index (χ0) is 13.9. The third-order valence-corrected chi connectivity index (χ3v) is 2.52. The van der Waals surface area contributed by atoms with Crippen molar-refractivity contribution in [3.63, 3.8) is 0 Å². The van der Waals surface area contributed by atoms with Crippen LogP contribution in [0.15, 0.2) is 42.6 Å². The third kappa shape index (κ3) is 3.21. The summed E-state index contributed by atoms with van der Waals surface area (Å²) in [5.41, 5.74) is -0.590. The SMILES string of the molecule is Fc1ccccc1CNc1ncccc1C(F)(F)F. The Morgan fingerprint density at radius 1 is 1.05 bits per heavy atom. The van der Waals surface area contributed by atoms with E-state index in [1.807, 2.05) is 0 Å². The van der Waals surface area contributed by atoms with Gasteiger partial charge in [-0.3, -0.25) is 0 Å². The molecule has 1 heterocycles. The molecule has 0 radical (unpaired) electrons. The molecule has 6 heteroatoms. The van der Waals surface area contributed by atoms with Crippen LogP contribution in [0.2, 0.25) is 0 Å². The molecule has 0 aliphatic rings. The minimum absolute atomic E-state index is 0.0627. The molecule has 2 nitrogen and oxygen atoms in total. The van der Waals surface area contributed by atoms with E-state index in [1.54, 1.807) is 6.07 Å². The Kier molecular flexibility index (Phi) is 3.69. The van der Waals surface area contributed by atoms with E-state index in [9.17, 15) is 17.6 Å². The highest BCUT2D eigenvalue weighted by Crippen LogP contribution is 2.33. The van der Waals surface area contributed by atoms with E-state index in [-0.39, 0.29) is 17.9 Å². The summed E-state index contributed by atoms with van der Waals surface area (Å²) < 4.78 is 51.4. The zero-order valence-corrected chi connectivity index (χ0v) is 9.71. The second-order valence-corrected chi connectivity index (χ2v) is 3.84. The van der Waals surface area contributed by atoms with E-state index in [2.05, 4.69) is 10.3 Å². The van der Waals surface area contributed by atoms with Gasteiger partial charge in [-0.05, 0) is 18.2 Å². The maximum absolute atomic E-state index is 13.3. The predicted molar refractivity (Wildman–Crippen MR) is 63.0 cm³/mol. The van der Waals surface area contributed by atoms with Crippen LogP contribution in [0, 0.1) is 5.82 Å². The van der Waals surface area contributed by atoms with Gasteiger partial charge in [-0.15, -0.1) is 0 Å². The van der Waals surface area contributed by atoms with Gasteiger partial charge in [-0.2, -0.15) is 13.2 Å². The molecule has 0 bridgehead atoms. The summed E-state index contributed by atoms with van der Waals surface area (Å²) in [6, 6.07) is 8.01. The van der Waals surface area contributed by atoms with Crippen LogP contribution in [0.4, 0.5) is 23.4 Å². The van der Waals surface area contributed by atoms with Crippen molar-refractivity contribution in [2.45, 2.75) is 12.7 Å². The lowest BCUT2D eigenvalue weighted by Gasteiger charge is -2.13. The molecule has 0 spiro atoms. The Morgan fingerprint density at radius 2 is 1.79 bits per heavy atom. The van der Waals surface area contributed by atoms with E-state index < -0.39 is 17.6 Å². The standard InChI is InChI=1S/C13H10F4N2/c14-11-6-2-1-4-9(11)8-19-12-10(13(15,16)17)5-3-7-18-12/h1-7H,8H2,(H,18,19). The average Bonchev–Trinajstić information content (AvgIpc) is 2.37. The summed E-state index contributed by atoms with van der Waals surface area (Å²) in [5.74, 6) is -0.780. The van der Waals surface area contributed by atoms with E-state index in [1.165, 1.54) is 30.5 Å². The first kappa shape index (κ1) is 13.3. The molecule has 0 atom stereocenters. The number of hydrogen-bond acceptors (Lipinski definition) is 2. The van der Waals surface area contributed by atoms with Crippen LogP contribution >= 0.6 is 0 Å². The Hall–Kier alpha value is -2.11. The molecule has 0 aliphatic heterocycles. The van der Waals surface area contributed by atoms with Crippen LogP contribution in [-0.4, -0.2) is 4.98 Å². The Bertz CT molecular complexity index is 567. The normalized spacial score (nSPS) is 11.4. The molecule has 1 aromatic carbocycles. The molecular formula is C13H10F4N2. The van der Waals surface area contributed by atoms with Crippen molar-refractivity contribution >= 4 is 5.82 Å². The number of nitrogens with one attached hydrogen (secondary N) is 1. The molecule has 2 rings (SSSR count). The van der Waals surface area contributed by atoms with Crippen molar-refractivity contribution < 1.29 is 17.6 Å². The van der Waals surface area contributed by atoms with Gasteiger partial charge in [0.15, 0.2) is 0 Å². The van der Waals surface area contributed by atoms with Gasteiger partial charge < -0.3 is 5.32 Å². The number of benzene rings is 1. The van der Waals surface area contributed by atoms with Crippen molar-refractivity contribution in [2.75, 3.05) is 5.32 Å². The van der Waals surface area contributed by atoms with Gasteiger partial charge in [0.1, 0.15) is 11.6 Å². The van der Waals surface area contributed by atoms with Crippen LogP contribution in [0.25, 0.3) is 0 Å². The topological polar surface area (TPSA) is 24.9 Å². The predicted octanol–water partition coefficient (Wildman–Crippen LogP) is 3.85. The molecule has 100 valence electrons. The number of hydrogen-bond donors (Lipinski definition) is 1. The van der Waals surface area contributed by atoms with Gasteiger partial charge in [0.2, 0.25) is 0 Å². The fourth-order valence-corrected chi connectivity index (χ4v) is 1.60. The fourth-order valence-electron chi connectivity index (χ4n) is 1.60. The summed E-state index contributed by atoms with van der Waals surface area (Å²) in [4.78, 5) is 3.64. The number of halogens is 4. The number of aromatic nitrogens is 1. The maximum atomic E-state index is 13.3. The van der Waals surface area contributed by atoms with Gasteiger partial charge in [-0.1, -0.05) is 18.2 Å². The summed E-state index contributed by atoms with van der Waals surface area (Å²) in [6.07, 6.45) is -3.25. The molecular weight excluding hydrogens is 260 g/mol. The molecule has 0 aliphatic carbocycles. The first-order valence-corrected chi connectivity index (χ1v) is 5.48. The van der Waals surface area contributed by atoms with E-state index in [0.29, 0.717) is 0 Å². The second kappa shape index (κ2) is 5.26. The minimum atomic E-state index is -4.49. The van der Waals surface area contributed by atoms with Crippen LogP contribution in [-0.2, 0) is 12.7 Å². The van der Waals surface area contributed by atoms with Crippen LogP contribution in [0.5, 0.6) is 0 Å². The van der Waals surface area contributed by atoms with Gasteiger partial charge in [0.25, 0.3) is 0 Å². The molecule has 0 unspecified atom stereocenters. The lowest BCUT2D eigenvalue weighted by Crippen LogP contribution is -2.12. The number of rotatable bonds is 3. The molecule has 19 heavy (non-hydrogen) atoms. The van der Waals surface area contributed by atoms with E-state index in [0.717, 1.165) is 6.07 Å².